The van der Waals surface area contributed by atoms with E-state index in [9.17, 15) is 4.79 Å². The van der Waals surface area contributed by atoms with Gasteiger partial charge in [-0.15, -0.1) is 0 Å². The molecule has 0 radical (unpaired) electrons. The van der Waals surface area contributed by atoms with E-state index in [1.54, 1.807) is 12.1 Å². The van der Waals surface area contributed by atoms with Gasteiger partial charge < -0.3 is 14.6 Å². The van der Waals surface area contributed by atoms with Crippen LogP contribution >= 0.6 is 11.6 Å². The van der Waals surface area contributed by atoms with Crippen molar-refractivity contribution in [1.29, 1.82) is 0 Å². The Morgan fingerprint density at radius 2 is 2.04 bits per heavy atom. The topological polar surface area (TPSA) is 77.2 Å². The van der Waals surface area contributed by atoms with E-state index in [-0.39, 0.29) is 12.3 Å². The van der Waals surface area contributed by atoms with E-state index in [0.717, 1.165) is 16.9 Å². The summed E-state index contributed by atoms with van der Waals surface area (Å²) < 4.78 is 10.8. The number of nitrogens with zero attached hydrogens (tertiary/aromatic N) is 2. The molecule has 0 spiro atoms. The van der Waals surface area contributed by atoms with Crippen molar-refractivity contribution in [2.75, 3.05) is 13.2 Å². The lowest BCUT2D eigenvalue weighted by Gasteiger charge is -2.07. The summed E-state index contributed by atoms with van der Waals surface area (Å²) >= 11 is 5.87. The average Bonchev–Trinajstić information content (AvgIpc) is 3.13. The third-order valence-electron chi connectivity index (χ3n) is 3.82. The summed E-state index contributed by atoms with van der Waals surface area (Å²) in [7, 11) is 0. The normalized spacial score (nSPS) is 10.6. The Labute approximate surface area is 162 Å². The number of carbonyl (C=O) groups excluding carboxylic acids is 1. The molecule has 0 aliphatic rings. The second-order valence-corrected chi connectivity index (χ2v) is 6.47. The van der Waals surface area contributed by atoms with E-state index in [1.165, 1.54) is 0 Å². The van der Waals surface area contributed by atoms with E-state index >= 15 is 0 Å². The van der Waals surface area contributed by atoms with E-state index in [0.29, 0.717) is 36.3 Å². The largest absolute Gasteiger partial charge is 0.492 e. The third kappa shape index (κ3) is 5.82. The summed E-state index contributed by atoms with van der Waals surface area (Å²) in [5, 5.41) is 7.39. The minimum atomic E-state index is -0.0888. The van der Waals surface area contributed by atoms with Gasteiger partial charge in [0.05, 0.1) is 6.54 Å². The summed E-state index contributed by atoms with van der Waals surface area (Å²) in [4.78, 5) is 16.2. The fraction of sp³-hybridized carbons (Fsp3) is 0.250. The Balaban J connectivity index is 1.38. The molecule has 1 amide bonds. The molecule has 2 aromatic carbocycles. The summed E-state index contributed by atoms with van der Waals surface area (Å²) in [5.41, 5.74) is 1.95. The highest BCUT2D eigenvalue weighted by Crippen LogP contribution is 2.19. The Hall–Kier alpha value is -2.86. The summed E-state index contributed by atoms with van der Waals surface area (Å²) in [6.07, 6.45) is 0.651. The SMILES string of the molecule is Cc1cccc(OCCNC(=O)CCc2nc(-c3ccc(Cl)cc3)no2)c1. The molecule has 0 saturated heterocycles. The van der Waals surface area contributed by atoms with Crippen LogP contribution in [0.5, 0.6) is 5.75 Å². The van der Waals surface area contributed by atoms with Gasteiger partial charge in [-0.2, -0.15) is 4.98 Å². The van der Waals surface area contributed by atoms with Crippen LogP contribution in [0.15, 0.2) is 53.1 Å². The predicted octanol–water partition coefficient (Wildman–Crippen LogP) is 3.83. The number of hydrogen-bond donors (Lipinski definition) is 1. The molecule has 1 N–H and O–H groups in total. The van der Waals surface area contributed by atoms with Crippen LogP contribution in [0.25, 0.3) is 11.4 Å². The lowest BCUT2D eigenvalue weighted by atomic mass is 10.2. The molecule has 0 saturated carbocycles. The van der Waals surface area contributed by atoms with Crippen LogP contribution in [-0.2, 0) is 11.2 Å². The van der Waals surface area contributed by atoms with Crippen molar-refractivity contribution >= 4 is 17.5 Å². The van der Waals surface area contributed by atoms with Gasteiger partial charge in [0.2, 0.25) is 17.6 Å². The zero-order valence-electron chi connectivity index (χ0n) is 14.9. The van der Waals surface area contributed by atoms with Gasteiger partial charge in [0.25, 0.3) is 0 Å². The Kier molecular flexibility index (Phi) is 6.44. The standard InChI is InChI=1S/C20H20ClN3O3/c1-14-3-2-4-17(13-14)26-12-11-22-18(25)9-10-19-23-20(24-27-19)15-5-7-16(21)8-6-15/h2-8,13H,9-12H2,1H3,(H,22,25). The molecule has 0 bridgehead atoms. The Morgan fingerprint density at radius 1 is 1.22 bits per heavy atom. The predicted molar refractivity (Wildman–Crippen MR) is 103 cm³/mol. The van der Waals surface area contributed by atoms with Gasteiger partial charge in [0.1, 0.15) is 12.4 Å². The summed E-state index contributed by atoms with van der Waals surface area (Å²) in [6.45, 7) is 2.85. The van der Waals surface area contributed by atoms with Crippen molar-refractivity contribution in [3.63, 3.8) is 0 Å². The van der Waals surface area contributed by atoms with E-state index < -0.39 is 0 Å². The maximum atomic E-state index is 11.9. The van der Waals surface area contributed by atoms with Gasteiger partial charge in [0, 0.05) is 23.4 Å². The molecule has 0 atom stereocenters. The van der Waals surface area contributed by atoms with Crippen LogP contribution in [0, 0.1) is 6.92 Å². The molecule has 0 fully saturated rings. The van der Waals surface area contributed by atoms with Crippen LogP contribution in [-0.4, -0.2) is 29.2 Å². The highest BCUT2D eigenvalue weighted by molar-refractivity contribution is 6.30. The van der Waals surface area contributed by atoms with Gasteiger partial charge in [-0.1, -0.05) is 28.9 Å². The molecule has 0 unspecified atom stereocenters. The third-order valence-corrected chi connectivity index (χ3v) is 4.07. The van der Waals surface area contributed by atoms with Crippen LogP contribution in [0.2, 0.25) is 5.02 Å². The number of amides is 1. The van der Waals surface area contributed by atoms with Gasteiger partial charge in [0.15, 0.2) is 0 Å². The summed E-state index contributed by atoms with van der Waals surface area (Å²) in [6, 6.07) is 14.9. The number of hydrogen-bond acceptors (Lipinski definition) is 5. The first-order valence-corrected chi connectivity index (χ1v) is 9.02. The second kappa shape index (κ2) is 9.19. The molecule has 1 heterocycles. The number of aryl methyl sites for hydroxylation is 2. The van der Waals surface area contributed by atoms with Crippen molar-refractivity contribution < 1.29 is 14.1 Å². The molecule has 1 aromatic heterocycles. The highest BCUT2D eigenvalue weighted by Gasteiger charge is 2.10. The number of rotatable bonds is 8. The number of ether oxygens (including phenoxy) is 1. The molecule has 0 aliphatic heterocycles. The first kappa shape index (κ1) is 18.9. The monoisotopic (exact) mass is 385 g/mol. The average molecular weight is 386 g/mol. The van der Waals surface area contributed by atoms with Crippen molar-refractivity contribution in [3.8, 4) is 17.1 Å². The fourth-order valence-electron chi connectivity index (χ4n) is 2.45. The Bertz CT molecular complexity index is 893. The maximum Gasteiger partial charge on any atom is 0.227 e. The van der Waals surface area contributed by atoms with Crippen LogP contribution < -0.4 is 10.1 Å². The van der Waals surface area contributed by atoms with Crippen molar-refractivity contribution in [2.24, 2.45) is 0 Å². The molecule has 140 valence electrons. The minimum Gasteiger partial charge on any atom is -0.492 e. The van der Waals surface area contributed by atoms with Gasteiger partial charge in [-0.05, 0) is 48.9 Å². The summed E-state index contributed by atoms with van der Waals surface area (Å²) in [5.74, 6) is 1.61. The minimum absolute atomic E-state index is 0.0888. The molecular weight excluding hydrogens is 366 g/mol. The van der Waals surface area contributed by atoms with Gasteiger partial charge in [-0.25, -0.2) is 0 Å². The number of halogens is 1. The first-order valence-electron chi connectivity index (χ1n) is 8.65. The van der Waals surface area contributed by atoms with E-state index in [2.05, 4.69) is 15.5 Å². The Morgan fingerprint density at radius 3 is 2.81 bits per heavy atom. The first-order chi connectivity index (χ1) is 13.1. The molecule has 6 nitrogen and oxygen atoms in total. The quantitative estimate of drug-likeness (QED) is 0.596. The number of carbonyl (C=O) groups is 1. The van der Waals surface area contributed by atoms with Crippen LogP contribution in [0.3, 0.4) is 0 Å². The van der Waals surface area contributed by atoms with Crippen molar-refractivity contribution in [1.82, 2.24) is 15.5 Å². The lowest BCUT2D eigenvalue weighted by Crippen LogP contribution is -2.28. The van der Waals surface area contributed by atoms with Gasteiger partial charge >= 0.3 is 0 Å². The zero-order valence-corrected chi connectivity index (χ0v) is 15.7. The zero-order chi connectivity index (χ0) is 19.1. The molecular formula is C20H20ClN3O3. The molecule has 0 aliphatic carbocycles. The number of benzene rings is 2. The maximum absolute atomic E-state index is 11.9. The highest BCUT2D eigenvalue weighted by atomic mass is 35.5. The number of aromatic nitrogens is 2. The second-order valence-electron chi connectivity index (χ2n) is 6.03. The molecule has 3 rings (SSSR count). The van der Waals surface area contributed by atoms with Crippen molar-refractivity contribution in [3.05, 3.63) is 65.0 Å². The molecule has 27 heavy (non-hydrogen) atoms. The fourth-order valence-corrected chi connectivity index (χ4v) is 2.57. The van der Waals surface area contributed by atoms with Crippen LogP contribution in [0.1, 0.15) is 17.9 Å². The van der Waals surface area contributed by atoms with Gasteiger partial charge in [-0.3, -0.25) is 4.79 Å². The smallest absolute Gasteiger partial charge is 0.227 e. The van der Waals surface area contributed by atoms with E-state index in [4.69, 9.17) is 20.9 Å². The molecule has 7 heteroatoms. The van der Waals surface area contributed by atoms with Crippen molar-refractivity contribution in [2.45, 2.75) is 19.8 Å². The lowest BCUT2D eigenvalue weighted by molar-refractivity contribution is -0.121. The van der Waals surface area contributed by atoms with E-state index in [1.807, 2.05) is 43.3 Å². The molecule has 3 aromatic rings. The number of nitrogens with one attached hydrogen (secondary N) is 1. The van der Waals surface area contributed by atoms with Crippen LogP contribution in [0.4, 0.5) is 0 Å².